The summed E-state index contributed by atoms with van der Waals surface area (Å²) in [5.74, 6) is 0.737. The molecule has 1 fully saturated rings. The van der Waals surface area contributed by atoms with Gasteiger partial charge < -0.3 is 15.4 Å². The van der Waals surface area contributed by atoms with Crippen molar-refractivity contribution in [2.75, 3.05) is 13.1 Å². The summed E-state index contributed by atoms with van der Waals surface area (Å²) < 4.78 is 18.6. The Bertz CT molecular complexity index is 710. The number of carbonyl (C=O) groups excluding carboxylic acids is 1. The zero-order valence-electron chi connectivity index (χ0n) is 15.0. The number of carbonyl (C=O) groups is 1. The first-order valence-electron chi connectivity index (χ1n) is 9.10. The Balaban J connectivity index is 1.51. The van der Waals surface area contributed by atoms with Crippen molar-refractivity contribution in [3.63, 3.8) is 0 Å². The van der Waals surface area contributed by atoms with Gasteiger partial charge in [0.05, 0.1) is 6.04 Å². The standard InChI is InChI=1S/C21H25FN2O2/c1-15(24-21(25)18-10-12-23-13-11-18)17-4-8-20(9-5-17)26-14-16-2-6-19(22)7-3-16/h2-9,15,18,23H,10-14H2,1H3,(H,24,25). The molecule has 1 heterocycles. The number of halogens is 1. The zero-order valence-corrected chi connectivity index (χ0v) is 15.0. The van der Waals surface area contributed by atoms with Gasteiger partial charge in [0.2, 0.25) is 5.91 Å². The van der Waals surface area contributed by atoms with Crippen molar-refractivity contribution in [3.05, 3.63) is 65.5 Å². The van der Waals surface area contributed by atoms with E-state index in [4.69, 9.17) is 4.74 Å². The second kappa shape index (κ2) is 8.81. The third-order valence-corrected chi connectivity index (χ3v) is 4.77. The Hall–Kier alpha value is -2.40. The zero-order chi connectivity index (χ0) is 18.4. The van der Waals surface area contributed by atoms with E-state index in [0.29, 0.717) is 6.61 Å². The lowest BCUT2D eigenvalue weighted by atomic mass is 9.96. The van der Waals surface area contributed by atoms with Crippen LogP contribution in [-0.4, -0.2) is 19.0 Å². The molecule has 26 heavy (non-hydrogen) atoms. The highest BCUT2D eigenvalue weighted by Crippen LogP contribution is 2.20. The first-order chi connectivity index (χ1) is 12.6. The summed E-state index contributed by atoms with van der Waals surface area (Å²) in [6.45, 7) is 4.20. The van der Waals surface area contributed by atoms with E-state index in [-0.39, 0.29) is 23.7 Å². The normalized spacial score (nSPS) is 16.1. The SMILES string of the molecule is CC(NC(=O)C1CCNCC1)c1ccc(OCc2ccc(F)cc2)cc1. The molecule has 138 valence electrons. The smallest absolute Gasteiger partial charge is 0.223 e. The van der Waals surface area contributed by atoms with Crippen LogP contribution < -0.4 is 15.4 Å². The summed E-state index contributed by atoms with van der Waals surface area (Å²) in [6, 6.07) is 14.0. The van der Waals surface area contributed by atoms with E-state index < -0.39 is 0 Å². The third kappa shape index (κ3) is 5.05. The van der Waals surface area contributed by atoms with E-state index in [1.807, 2.05) is 31.2 Å². The van der Waals surface area contributed by atoms with Crippen LogP contribution in [0.25, 0.3) is 0 Å². The molecule has 2 N–H and O–H groups in total. The topological polar surface area (TPSA) is 50.4 Å². The molecule has 1 amide bonds. The van der Waals surface area contributed by atoms with Crippen molar-refractivity contribution in [2.45, 2.75) is 32.4 Å². The quantitative estimate of drug-likeness (QED) is 0.832. The number of benzene rings is 2. The van der Waals surface area contributed by atoms with Crippen LogP contribution in [0.2, 0.25) is 0 Å². The van der Waals surface area contributed by atoms with Crippen molar-refractivity contribution >= 4 is 5.91 Å². The molecule has 1 aliphatic heterocycles. The Morgan fingerprint density at radius 1 is 1.15 bits per heavy atom. The second-order valence-electron chi connectivity index (χ2n) is 6.74. The highest BCUT2D eigenvalue weighted by atomic mass is 19.1. The van der Waals surface area contributed by atoms with Crippen LogP contribution in [-0.2, 0) is 11.4 Å². The van der Waals surface area contributed by atoms with E-state index in [1.165, 1.54) is 12.1 Å². The fourth-order valence-corrected chi connectivity index (χ4v) is 3.10. The van der Waals surface area contributed by atoms with E-state index in [9.17, 15) is 9.18 Å². The first-order valence-corrected chi connectivity index (χ1v) is 9.10. The molecule has 2 aromatic rings. The maximum atomic E-state index is 12.9. The minimum Gasteiger partial charge on any atom is -0.489 e. The van der Waals surface area contributed by atoms with Gasteiger partial charge in [-0.25, -0.2) is 4.39 Å². The van der Waals surface area contributed by atoms with Gasteiger partial charge in [-0.2, -0.15) is 0 Å². The number of hydrogen-bond acceptors (Lipinski definition) is 3. The van der Waals surface area contributed by atoms with Gasteiger partial charge in [-0.05, 0) is 68.2 Å². The molecule has 1 saturated heterocycles. The summed E-state index contributed by atoms with van der Waals surface area (Å²) >= 11 is 0. The van der Waals surface area contributed by atoms with Gasteiger partial charge in [0.25, 0.3) is 0 Å². The molecule has 1 atom stereocenters. The molecule has 4 nitrogen and oxygen atoms in total. The molecule has 0 aliphatic carbocycles. The van der Waals surface area contributed by atoms with Crippen LogP contribution in [0.1, 0.15) is 36.9 Å². The predicted molar refractivity (Wildman–Crippen MR) is 99.3 cm³/mol. The van der Waals surface area contributed by atoms with Crippen LogP contribution >= 0.6 is 0 Å². The summed E-state index contributed by atoms with van der Waals surface area (Å²) in [5, 5.41) is 6.38. The second-order valence-corrected chi connectivity index (χ2v) is 6.74. The fraction of sp³-hybridized carbons (Fsp3) is 0.381. The molecular formula is C21H25FN2O2. The summed E-state index contributed by atoms with van der Waals surface area (Å²) in [4.78, 5) is 12.3. The lowest BCUT2D eigenvalue weighted by Gasteiger charge is -2.24. The molecule has 0 aromatic heterocycles. The monoisotopic (exact) mass is 356 g/mol. The lowest BCUT2D eigenvalue weighted by molar-refractivity contribution is -0.126. The van der Waals surface area contributed by atoms with Crippen LogP contribution in [0.5, 0.6) is 5.75 Å². The molecule has 1 unspecified atom stereocenters. The van der Waals surface area contributed by atoms with Gasteiger partial charge in [-0.3, -0.25) is 4.79 Å². The van der Waals surface area contributed by atoms with E-state index >= 15 is 0 Å². The van der Waals surface area contributed by atoms with Crippen molar-refractivity contribution < 1.29 is 13.9 Å². The van der Waals surface area contributed by atoms with Gasteiger partial charge in [0.1, 0.15) is 18.2 Å². The van der Waals surface area contributed by atoms with Crippen LogP contribution in [0, 0.1) is 11.7 Å². The molecular weight excluding hydrogens is 331 g/mol. The summed E-state index contributed by atoms with van der Waals surface area (Å²) in [6.07, 6.45) is 1.80. The molecule has 0 spiro atoms. The predicted octanol–water partition coefficient (Wildman–Crippen LogP) is 3.58. The molecule has 2 aromatic carbocycles. The Kier molecular flexibility index (Phi) is 6.23. The minimum atomic E-state index is -0.251. The van der Waals surface area contributed by atoms with Gasteiger partial charge in [-0.15, -0.1) is 0 Å². The highest BCUT2D eigenvalue weighted by Gasteiger charge is 2.22. The van der Waals surface area contributed by atoms with Crippen molar-refractivity contribution in [1.82, 2.24) is 10.6 Å². The van der Waals surface area contributed by atoms with E-state index in [1.54, 1.807) is 12.1 Å². The number of piperidine rings is 1. The van der Waals surface area contributed by atoms with Crippen molar-refractivity contribution in [1.29, 1.82) is 0 Å². The Labute approximate surface area is 153 Å². The molecule has 0 bridgehead atoms. The number of hydrogen-bond donors (Lipinski definition) is 2. The fourth-order valence-electron chi connectivity index (χ4n) is 3.10. The molecule has 0 radical (unpaired) electrons. The van der Waals surface area contributed by atoms with Gasteiger partial charge in [-0.1, -0.05) is 24.3 Å². The summed E-state index contributed by atoms with van der Waals surface area (Å²) in [5.41, 5.74) is 1.96. The van der Waals surface area contributed by atoms with Crippen LogP contribution in [0.4, 0.5) is 4.39 Å². The van der Waals surface area contributed by atoms with Crippen molar-refractivity contribution in [3.8, 4) is 5.75 Å². The van der Waals surface area contributed by atoms with E-state index in [0.717, 1.165) is 42.8 Å². The minimum absolute atomic E-state index is 0.0384. The average Bonchev–Trinajstić information content (AvgIpc) is 2.68. The van der Waals surface area contributed by atoms with E-state index in [2.05, 4.69) is 10.6 Å². The van der Waals surface area contributed by atoms with Crippen LogP contribution in [0.15, 0.2) is 48.5 Å². The number of nitrogens with one attached hydrogen (secondary N) is 2. The molecule has 0 saturated carbocycles. The van der Waals surface area contributed by atoms with Gasteiger partial charge in [0.15, 0.2) is 0 Å². The number of rotatable bonds is 6. The van der Waals surface area contributed by atoms with Gasteiger partial charge >= 0.3 is 0 Å². The number of ether oxygens (including phenoxy) is 1. The molecule has 5 heteroatoms. The maximum Gasteiger partial charge on any atom is 0.223 e. The lowest BCUT2D eigenvalue weighted by Crippen LogP contribution is -2.39. The Morgan fingerprint density at radius 3 is 2.46 bits per heavy atom. The highest BCUT2D eigenvalue weighted by molar-refractivity contribution is 5.79. The number of amides is 1. The third-order valence-electron chi connectivity index (χ3n) is 4.77. The Morgan fingerprint density at radius 2 is 1.81 bits per heavy atom. The summed E-state index contributed by atoms with van der Waals surface area (Å²) in [7, 11) is 0. The molecule has 3 rings (SSSR count). The van der Waals surface area contributed by atoms with Crippen molar-refractivity contribution in [2.24, 2.45) is 5.92 Å². The first kappa shape index (κ1) is 18.4. The largest absolute Gasteiger partial charge is 0.489 e. The van der Waals surface area contributed by atoms with Gasteiger partial charge in [0, 0.05) is 5.92 Å². The van der Waals surface area contributed by atoms with Crippen LogP contribution in [0.3, 0.4) is 0 Å². The average molecular weight is 356 g/mol. The molecule has 1 aliphatic rings. The maximum absolute atomic E-state index is 12.9.